The average molecular weight is 359 g/mol. The Morgan fingerprint density at radius 3 is 2.53 bits per heavy atom. The van der Waals surface area contributed by atoms with E-state index in [2.05, 4.69) is 47.1 Å². The first-order valence-electron chi connectivity index (χ1n) is 4.77. The fourth-order valence-corrected chi connectivity index (χ4v) is 1.86. The second-order valence-electron chi connectivity index (χ2n) is 3.20. The number of hydrogen-bond donors (Lipinski definition) is 1. The van der Waals surface area contributed by atoms with Gasteiger partial charge in [-0.1, -0.05) is 0 Å². The van der Waals surface area contributed by atoms with E-state index in [-0.39, 0.29) is 0 Å². The molecule has 0 spiro atoms. The minimum Gasteiger partial charge on any atom is -0.495 e. The number of hydrogen-bond acceptors (Lipinski definition) is 4. The van der Waals surface area contributed by atoms with E-state index < -0.39 is 0 Å². The van der Waals surface area contributed by atoms with Crippen LogP contribution in [-0.2, 0) is 0 Å². The highest BCUT2D eigenvalue weighted by atomic mass is 79.9. The van der Waals surface area contributed by atoms with Crippen LogP contribution in [0.1, 0.15) is 0 Å². The van der Waals surface area contributed by atoms with E-state index in [1.54, 1.807) is 19.5 Å². The van der Waals surface area contributed by atoms with Gasteiger partial charge in [0.25, 0.3) is 0 Å². The number of aromatic nitrogens is 2. The zero-order chi connectivity index (χ0) is 12.3. The summed E-state index contributed by atoms with van der Waals surface area (Å²) in [7, 11) is 1.63. The summed E-state index contributed by atoms with van der Waals surface area (Å²) in [6.45, 7) is 0. The summed E-state index contributed by atoms with van der Waals surface area (Å²) in [5.74, 6) is 1.30. The third kappa shape index (κ3) is 3.17. The first-order chi connectivity index (χ1) is 8.19. The van der Waals surface area contributed by atoms with Gasteiger partial charge in [0, 0.05) is 24.1 Å². The van der Waals surface area contributed by atoms with E-state index >= 15 is 0 Å². The Balaban J connectivity index is 2.21. The third-order valence-electron chi connectivity index (χ3n) is 2.03. The van der Waals surface area contributed by atoms with E-state index in [9.17, 15) is 0 Å². The van der Waals surface area contributed by atoms with Crippen LogP contribution in [0.2, 0.25) is 0 Å². The van der Waals surface area contributed by atoms with Gasteiger partial charge in [0.15, 0.2) is 0 Å². The molecule has 88 valence electrons. The van der Waals surface area contributed by atoms with Crippen LogP contribution in [0.3, 0.4) is 0 Å². The molecule has 4 nitrogen and oxygen atoms in total. The molecule has 0 saturated carbocycles. The molecule has 0 radical (unpaired) electrons. The molecular weight excluding hydrogens is 350 g/mol. The Kier molecular flexibility index (Phi) is 3.96. The van der Waals surface area contributed by atoms with Crippen LogP contribution in [0.4, 0.5) is 11.6 Å². The highest BCUT2D eigenvalue weighted by Gasteiger charge is 2.03. The molecule has 0 aliphatic rings. The highest BCUT2D eigenvalue weighted by Crippen LogP contribution is 2.28. The molecule has 2 rings (SSSR count). The Morgan fingerprint density at radius 2 is 1.88 bits per heavy atom. The number of benzene rings is 1. The molecule has 17 heavy (non-hydrogen) atoms. The van der Waals surface area contributed by atoms with Crippen molar-refractivity contribution in [2.75, 3.05) is 12.4 Å². The SMILES string of the molecule is COc1cc(Nc2ncc(Br)cn2)ccc1Br. The van der Waals surface area contributed by atoms with Crippen molar-refractivity contribution in [1.29, 1.82) is 0 Å². The summed E-state index contributed by atoms with van der Waals surface area (Å²) in [6, 6.07) is 5.69. The molecule has 0 atom stereocenters. The number of nitrogens with zero attached hydrogens (tertiary/aromatic N) is 2. The van der Waals surface area contributed by atoms with Gasteiger partial charge in [-0.05, 0) is 44.0 Å². The zero-order valence-electron chi connectivity index (χ0n) is 8.95. The van der Waals surface area contributed by atoms with Gasteiger partial charge in [-0.25, -0.2) is 9.97 Å². The van der Waals surface area contributed by atoms with E-state index in [0.717, 1.165) is 20.4 Å². The van der Waals surface area contributed by atoms with Crippen LogP contribution in [0.5, 0.6) is 5.75 Å². The lowest BCUT2D eigenvalue weighted by Crippen LogP contribution is -1.96. The second kappa shape index (κ2) is 5.46. The van der Waals surface area contributed by atoms with Crippen molar-refractivity contribution in [1.82, 2.24) is 9.97 Å². The average Bonchev–Trinajstić information content (AvgIpc) is 2.34. The van der Waals surface area contributed by atoms with Crippen molar-refractivity contribution >= 4 is 43.5 Å². The lowest BCUT2D eigenvalue weighted by molar-refractivity contribution is 0.412. The molecular formula is C11H9Br2N3O. The van der Waals surface area contributed by atoms with Gasteiger partial charge in [-0.2, -0.15) is 0 Å². The molecule has 0 aliphatic carbocycles. The fraction of sp³-hybridized carbons (Fsp3) is 0.0909. The normalized spacial score (nSPS) is 10.1. The molecule has 2 aromatic rings. The lowest BCUT2D eigenvalue weighted by atomic mass is 10.3. The topological polar surface area (TPSA) is 47.0 Å². The largest absolute Gasteiger partial charge is 0.495 e. The molecule has 0 aliphatic heterocycles. The predicted molar refractivity (Wildman–Crippen MR) is 73.7 cm³/mol. The summed E-state index contributed by atoms with van der Waals surface area (Å²) in [5.41, 5.74) is 0.868. The second-order valence-corrected chi connectivity index (χ2v) is 4.97. The third-order valence-corrected chi connectivity index (χ3v) is 3.09. The molecule has 0 unspecified atom stereocenters. The predicted octanol–water partition coefficient (Wildman–Crippen LogP) is 3.75. The van der Waals surface area contributed by atoms with E-state index in [0.29, 0.717) is 5.95 Å². The van der Waals surface area contributed by atoms with Gasteiger partial charge < -0.3 is 10.1 Å². The number of nitrogens with one attached hydrogen (secondary N) is 1. The van der Waals surface area contributed by atoms with Crippen LogP contribution in [-0.4, -0.2) is 17.1 Å². The maximum absolute atomic E-state index is 5.21. The molecule has 0 amide bonds. The summed E-state index contributed by atoms with van der Waals surface area (Å²) < 4.78 is 6.96. The Bertz CT molecular complexity index is 517. The number of ether oxygens (including phenoxy) is 1. The Labute approximate surface area is 116 Å². The van der Waals surface area contributed by atoms with Gasteiger partial charge in [-0.3, -0.25) is 0 Å². The molecule has 6 heteroatoms. The maximum Gasteiger partial charge on any atom is 0.227 e. The zero-order valence-corrected chi connectivity index (χ0v) is 12.1. The molecule has 1 aromatic carbocycles. The van der Waals surface area contributed by atoms with E-state index in [4.69, 9.17) is 4.74 Å². The van der Waals surface area contributed by atoms with Crippen LogP contribution in [0.25, 0.3) is 0 Å². The summed E-state index contributed by atoms with van der Waals surface area (Å²) in [4.78, 5) is 8.26. The molecule has 0 bridgehead atoms. The van der Waals surface area contributed by atoms with E-state index in [1.165, 1.54) is 0 Å². The molecule has 1 N–H and O–H groups in total. The molecule has 1 heterocycles. The Hall–Kier alpha value is -1.14. The molecule has 0 fully saturated rings. The first-order valence-corrected chi connectivity index (χ1v) is 6.36. The number of rotatable bonds is 3. The minimum atomic E-state index is 0.539. The maximum atomic E-state index is 5.21. The summed E-state index contributed by atoms with van der Waals surface area (Å²) in [6.07, 6.45) is 3.37. The fourth-order valence-electron chi connectivity index (χ4n) is 1.24. The number of methoxy groups -OCH3 is 1. The van der Waals surface area contributed by atoms with Gasteiger partial charge in [-0.15, -0.1) is 0 Å². The molecule has 1 aromatic heterocycles. The van der Waals surface area contributed by atoms with Gasteiger partial charge in [0.05, 0.1) is 16.1 Å². The van der Waals surface area contributed by atoms with Crippen LogP contribution in [0, 0.1) is 0 Å². The standard InChI is InChI=1S/C11H9Br2N3O/c1-17-10-4-8(2-3-9(10)13)16-11-14-5-7(12)6-15-11/h2-6H,1H3,(H,14,15,16). The van der Waals surface area contributed by atoms with Gasteiger partial charge >= 0.3 is 0 Å². The molecule has 0 saturated heterocycles. The van der Waals surface area contributed by atoms with Crippen molar-refractivity contribution in [2.24, 2.45) is 0 Å². The quantitative estimate of drug-likeness (QED) is 0.907. The van der Waals surface area contributed by atoms with Crippen molar-refractivity contribution in [3.8, 4) is 5.75 Å². The van der Waals surface area contributed by atoms with E-state index in [1.807, 2.05) is 18.2 Å². The lowest BCUT2D eigenvalue weighted by Gasteiger charge is -2.08. The summed E-state index contributed by atoms with van der Waals surface area (Å²) in [5, 5.41) is 3.09. The van der Waals surface area contributed by atoms with Crippen molar-refractivity contribution in [2.45, 2.75) is 0 Å². The van der Waals surface area contributed by atoms with Crippen molar-refractivity contribution in [3.05, 3.63) is 39.5 Å². The van der Waals surface area contributed by atoms with Crippen molar-refractivity contribution in [3.63, 3.8) is 0 Å². The minimum absolute atomic E-state index is 0.539. The highest BCUT2D eigenvalue weighted by molar-refractivity contribution is 9.10. The number of halogens is 2. The number of anilines is 2. The van der Waals surface area contributed by atoms with Crippen LogP contribution in [0.15, 0.2) is 39.5 Å². The van der Waals surface area contributed by atoms with Crippen LogP contribution < -0.4 is 10.1 Å². The Morgan fingerprint density at radius 1 is 1.18 bits per heavy atom. The first kappa shape index (κ1) is 12.3. The smallest absolute Gasteiger partial charge is 0.227 e. The van der Waals surface area contributed by atoms with Crippen molar-refractivity contribution < 1.29 is 4.74 Å². The summed E-state index contributed by atoms with van der Waals surface area (Å²) >= 11 is 6.68. The van der Waals surface area contributed by atoms with Crippen LogP contribution >= 0.6 is 31.9 Å². The monoisotopic (exact) mass is 357 g/mol. The van der Waals surface area contributed by atoms with Gasteiger partial charge in [0.2, 0.25) is 5.95 Å². The van der Waals surface area contributed by atoms with Gasteiger partial charge in [0.1, 0.15) is 5.75 Å².